The van der Waals surface area contributed by atoms with Gasteiger partial charge < -0.3 is 20.1 Å². The number of hydrogen-bond donors (Lipinski definition) is 2. The smallest absolute Gasteiger partial charge is 0.327 e. The van der Waals surface area contributed by atoms with Crippen LogP contribution in [-0.2, 0) is 19.1 Å². The molecule has 0 aromatic rings. The minimum absolute atomic E-state index is 0.0396. The van der Waals surface area contributed by atoms with Crippen molar-refractivity contribution in [1.29, 1.82) is 0 Å². The van der Waals surface area contributed by atoms with E-state index in [9.17, 15) is 19.5 Å². The van der Waals surface area contributed by atoms with Crippen LogP contribution in [0.25, 0.3) is 0 Å². The molecule has 2 N–H and O–H groups in total. The molecule has 2 aliphatic heterocycles. The van der Waals surface area contributed by atoms with E-state index in [-0.39, 0.29) is 18.4 Å². The number of β-lactam (4-membered cyclic amide) rings is 1. The Bertz CT molecular complexity index is 509. The number of ether oxygens (including phenoxy) is 1. The number of fused-ring (bicyclic) bond motifs is 1. The largest absolute Gasteiger partial charge is 0.480 e. The summed E-state index contributed by atoms with van der Waals surface area (Å²) < 4.78 is 4.52. The molecule has 2 saturated heterocycles. The minimum atomic E-state index is -1.16. The summed E-state index contributed by atoms with van der Waals surface area (Å²) in [5, 5.41) is 11.8. The monoisotopic (exact) mass is 330 g/mol. The highest BCUT2D eigenvalue weighted by Crippen LogP contribution is 2.54. The van der Waals surface area contributed by atoms with Crippen LogP contribution in [0.1, 0.15) is 33.6 Å². The molecule has 3 atom stereocenters. The molecular weight excluding hydrogens is 308 g/mol. The molecule has 2 rings (SSSR count). The molecule has 8 heteroatoms. The lowest BCUT2D eigenvalue weighted by molar-refractivity contribution is -0.172. The Balaban J connectivity index is 2.30. The average Bonchev–Trinajstić information content (AvgIpc) is 2.68. The zero-order valence-electron chi connectivity index (χ0n) is 13.2. The van der Waals surface area contributed by atoms with Gasteiger partial charge in [-0.05, 0) is 20.3 Å². The zero-order chi connectivity index (χ0) is 16.7. The van der Waals surface area contributed by atoms with Crippen molar-refractivity contribution >= 4 is 29.5 Å². The van der Waals surface area contributed by atoms with Crippen molar-refractivity contribution in [3.05, 3.63) is 0 Å². The van der Waals surface area contributed by atoms with E-state index >= 15 is 0 Å². The molecule has 22 heavy (non-hydrogen) atoms. The van der Waals surface area contributed by atoms with Crippen LogP contribution in [0, 0.1) is 0 Å². The van der Waals surface area contributed by atoms with E-state index < -0.39 is 27.7 Å². The fourth-order valence-electron chi connectivity index (χ4n) is 3.18. The van der Waals surface area contributed by atoms with Crippen LogP contribution in [0.3, 0.4) is 0 Å². The molecule has 2 fully saturated rings. The quantitative estimate of drug-likeness (QED) is 0.686. The number of amides is 2. The summed E-state index contributed by atoms with van der Waals surface area (Å²) in [5.74, 6) is -1.63. The van der Waals surface area contributed by atoms with Crippen LogP contribution in [0.15, 0.2) is 0 Å². The fourth-order valence-corrected chi connectivity index (χ4v) is 4.86. The van der Waals surface area contributed by atoms with E-state index in [4.69, 9.17) is 4.74 Å². The van der Waals surface area contributed by atoms with E-state index in [1.165, 1.54) is 23.8 Å². The summed E-state index contributed by atoms with van der Waals surface area (Å²) in [4.78, 5) is 37.5. The maximum atomic E-state index is 12.7. The summed E-state index contributed by atoms with van der Waals surface area (Å²) in [6.07, 6.45) is 0.996. The van der Waals surface area contributed by atoms with Crippen LogP contribution < -0.4 is 5.32 Å². The predicted molar refractivity (Wildman–Crippen MR) is 81.4 cm³/mol. The number of methoxy groups -OCH3 is 1. The molecule has 0 aromatic heterocycles. The molecule has 2 aliphatic rings. The van der Waals surface area contributed by atoms with Gasteiger partial charge in [-0.3, -0.25) is 9.59 Å². The maximum absolute atomic E-state index is 12.7. The van der Waals surface area contributed by atoms with Crippen molar-refractivity contribution in [2.45, 2.75) is 55.3 Å². The Labute approximate surface area is 133 Å². The number of carbonyl (C=O) groups is 3. The van der Waals surface area contributed by atoms with E-state index in [1.807, 2.05) is 6.92 Å². The Morgan fingerprint density at radius 1 is 1.45 bits per heavy atom. The molecule has 2 heterocycles. The Morgan fingerprint density at radius 3 is 2.59 bits per heavy atom. The summed E-state index contributed by atoms with van der Waals surface area (Å²) in [6.45, 7) is 5.52. The summed E-state index contributed by atoms with van der Waals surface area (Å²) in [6, 6.07) is -0.900. The van der Waals surface area contributed by atoms with Crippen molar-refractivity contribution in [3.63, 3.8) is 0 Å². The van der Waals surface area contributed by atoms with E-state index in [2.05, 4.69) is 5.32 Å². The van der Waals surface area contributed by atoms with Gasteiger partial charge in [0.15, 0.2) is 5.54 Å². The number of carbonyl (C=O) groups excluding carboxylic acids is 2. The van der Waals surface area contributed by atoms with Gasteiger partial charge in [0.1, 0.15) is 11.4 Å². The summed E-state index contributed by atoms with van der Waals surface area (Å²) >= 11 is 1.39. The van der Waals surface area contributed by atoms with Gasteiger partial charge in [0.05, 0.1) is 6.61 Å². The Hall–Kier alpha value is -1.28. The zero-order valence-corrected chi connectivity index (χ0v) is 14.0. The van der Waals surface area contributed by atoms with Gasteiger partial charge in [0.2, 0.25) is 5.91 Å². The van der Waals surface area contributed by atoms with Gasteiger partial charge in [0.25, 0.3) is 5.91 Å². The maximum Gasteiger partial charge on any atom is 0.327 e. The van der Waals surface area contributed by atoms with Gasteiger partial charge in [-0.1, -0.05) is 6.92 Å². The van der Waals surface area contributed by atoms with Gasteiger partial charge >= 0.3 is 5.97 Å². The lowest BCUT2D eigenvalue weighted by atomic mass is 9.85. The number of thioether (sulfide) groups is 1. The highest BCUT2D eigenvalue weighted by atomic mass is 32.2. The van der Waals surface area contributed by atoms with Crippen LogP contribution in [0.5, 0.6) is 0 Å². The normalized spacial score (nSPS) is 32.4. The Kier molecular flexibility index (Phi) is 4.45. The molecule has 0 aliphatic carbocycles. The molecule has 0 saturated carbocycles. The first kappa shape index (κ1) is 17.1. The second-order valence-corrected chi connectivity index (χ2v) is 7.96. The lowest BCUT2D eigenvalue weighted by Gasteiger charge is -2.52. The highest BCUT2D eigenvalue weighted by Gasteiger charge is 2.72. The number of nitrogens with zero attached hydrogens (tertiary/aromatic N) is 1. The molecule has 2 amide bonds. The Morgan fingerprint density at radius 2 is 2.09 bits per heavy atom. The number of hydrogen-bond acceptors (Lipinski definition) is 5. The number of rotatable bonds is 6. The first-order valence-electron chi connectivity index (χ1n) is 7.24. The van der Waals surface area contributed by atoms with Crippen molar-refractivity contribution in [2.75, 3.05) is 13.7 Å². The first-order valence-corrected chi connectivity index (χ1v) is 8.12. The van der Waals surface area contributed by atoms with Crippen LogP contribution in [-0.4, -0.2) is 63.2 Å². The van der Waals surface area contributed by atoms with Gasteiger partial charge in [-0.15, -0.1) is 11.8 Å². The number of carboxylic acid groups (broad SMARTS) is 1. The standard InChI is InChI=1S/C14H22N2O5S/c1-5-6-8(17)15-14(7-21-4)11(20)16-9(10(18)19)13(2,3)22-12(14)16/h9,12H,5-7H2,1-4H3,(H,15,17)(H,18,19)/t9-,12+,14-/m0/s1. The van der Waals surface area contributed by atoms with Crippen molar-refractivity contribution in [1.82, 2.24) is 10.2 Å². The molecule has 0 bridgehead atoms. The second kappa shape index (κ2) is 5.73. The predicted octanol–water partition coefficient (Wildman–Crippen LogP) is 0.435. The van der Waals surface area contributed by atoms with Crippen LogP contribution >= 0.6 is 11.8 Å². The van der Waals surface area contributed by atoms with Crippen molar-refractivity contribution < 1.29 is 24.2 Å². The average molecular weight is 330 g/mol. The third kappa shape index (κ3) is 2.38. The van der Waals surface area contributed by atoms with Gasteiger partial charge in [-0.2, -0.15) is 0 Å². The SMILES string of the molecule is CCCC(=O)N[C@@]1(COC)C(=O)N2[C@@H](C(=O)O)C(C)(C)S[C@@H]21. The number of nitrogens with one attached hydrogen (secondary N) is 1. The van der Waals surface area contributed by atoms with E-state index in [0.717, 1.165) is 0 Å². The fraction of sp³-hybridized carbons (Fsp3) is 0.786. The molecule has 0 aromatic carbocycles. The molecular formula is C14H22N2O5S. The van der Waals surface area contributed by atoms with Crippen LogP contribution in [0.2, 0.25) is 0 Å². The van der Waals surface area contributed by atoms with Gasteiger partial charge in [0, 0.05) is 18.3 Å². The molecule has 0 radical (unpaired) electrons. The first-order chi connectivity index (χ1) is 10.2. The third-order valence-electron chi connectivity index (χ3n) is 4.09. The topological polar surface area (TPSA) is 95.9 Å². The second-order valence-electron chi connectivity index (χ2n) is 6.23. The van der Waals surface area contributed by atoms with Crippen LogP contribution in [0.4, 0.5) is 0 Å². The van der Waals surface area contributed by atoms with Gasteiger partial charge in [-0.25, -0.2) is 4.79 Å². The van der Waals surface area contributed by atoms with Crippen molar-refractivity contribution in [2.24, 2.45) is 0 Å². The molecule has 124 valence electrons. The lowest BCUT2D eigenvalue weighted by Crippen LogP contribution is -2.81. The van der Waals surface area contributed by atoms with Crippen molar-refractivity contribution in [3.8, 4) is 0 Å². The van der Waals surface area contributed by atoms with E-state index in [0.29, 0.717) is 12.8 Å². The molecule has 7 nitrogen and oxygen atoms in total. The minimum Gasteiger partial charge on any atom is -0.480 e. The third-order valence-corrected chi connectivity index (χ3v) is 5.77. The molecule has 0 unspecified atom stereocenters. The summed E-state index contributed by atoms with van der Waals surface area (Å²) in [7, 11) is 1.46. The highest BCUT2D eigenvalue weighted by molar-refractivity contribution is 8.01. The summed E-state index contributed by atoms with van der Waals surface area (Å²) in [5.41, 5.74) is -1.16. The number of aliphatic carboxylic acids is 1. The number of carboxylic acids is 1. The molecule has 0 spiro atoms. The van der Waals surface area contributed by atoms with E-state index in [1.54, 1.807) is 13.8 Å².